The van der Waals surface area contributed by atoms with Gasteiger partial charge in [-0.2, -0.15) is 0 Å². The molecule has 0 spiro atoms. The van der Waals surface area contributed by atoms with Crippen LogP contribution in [0.15, 0.2) is 12.4 Å². The summed E-state index contributed by atoms with van der Waals surface area (Å²) in [5, 5.41) is 3.43. The number of ether oxygens (including phenoxy) is 1. The third-order valence-corrected chi connectivity index (χ3v) is 4.12. The SMILES string of the molecule is COC(=O)c1cnc(NC2CC3CCC2C3)cn1. The number of rotatable bonds is 3. The summed E-state index contributed by atoms with van der Waals surface area (Å²) in [6.45, 7) is 0. The lowest BCUT2D eigenvalue weighted by atomic mass is 9.95. The average molecular weight is 247 g/mol. The van der Waals surface area contributed by atoms with Crippen molar-refractivity contribution in [3.63, 3.8) is 0 Å². The number of esters is 1. The molecule has 3 atom stereocenters. The van der Waals surface area contributed by atoms with Gasteiger partial charge in [0.25, 0.3) is 0 Å². The zero-order chi connectivity index (χ0) is 12.5. The molecular weight excluding hydrogens is 230 g/mol. The third kappa shape index (κ3) is 2.05. The van der Waals surface area contributed by atoms with Gasteiger partial charge in [0, 0.05) is 6.04 Å². The number of fused-ring (bicyclic) bond motifs is 2. The minimum atomic E-state index is -0.450. The molecule has 1 aromatic heterocycles. The summed E-state index contributed by atoms with van der Waals surface area (Å²) in [6, 6.07) is 0.530. The van der Waals surface area contributed by atoms with Crippen molar-refractivity contribution in [1.82, 2.24) is 9.97 Å². The Labute approximate surface area is 106 Å². The summed E-state index contributed by atoms with van der Waals surface area (Å²) >= 11 is 0. The summed E-state index contributed by atoms with van der Waals surface area (Å²) in [4.78, 5) is 19.5. The third-order valence-electron chi connectivity index (χ3n) is 4.12. The standard InChI is InChI=1S/C13H17N3O2/c1-18-13(17)11-6-15-12(7-14-11)16-10-5-8-2-3-9(10)4-8/h6-10H,2-5H2,1H3,(H,15,16). The molecule has 2 bridgehead atoms. The molecule has 0 saturated heterocycles. The number of methoxy groups -OCH3 is 1. The topological polar surface area (TPSA) is 64.1 Å². The van der Waals surface area contributed by atoms with Crippen LogP contribution in [0.3, 0.4) is 0 Å². The van der Waals surface area contributed by atoms with E-state index in [0.717, 1.165) is 17.7 Å². The van der Waals surface area contributed by atoms with Crippen molar-refractivity contribution in [2.75, 3.05) is 12.4 Å². The van der Waals surface area contributed by atoms with E-state index in [2.05, 4.69) is 20.0 Å². The lowest BCUT2D eigenvalue weighted by Gasteiger charge is -2.23. The molecule has 2 aliphatic carbocycles. The minimum absolute atomic E-state index is 0.246. The van der Waals surface area contributed by atoms with Gasteiger partial charge in [-0.1, -0.05) is 6.42 Å². The van der Waals surface area contributed by atoms with Gasteiger partial charge in [0.05, 0.1) is 19.5 Å². The van der Waals surface area contributed by atoms with Gasteiger partial charge >= 0.3 is 5.97 Å². The molecule has 1 N–H and O–H groups in total. The highest BCUT2D eigenvalue weighted by Gasteiger charge is 2.39. The summed E-state index contributed by atoms with van der Waals surface area (Å²) < 4.78 is 4.59. The molecule has 3 unspecified atom stereocenters. The number of nitrogens with one attached hydrogen (secondary N) is 1. The average Bonchev–Trinajstić information content (AvgIpc) is 3.01. The van der Waals surface area contributed by atoms with Crippen LogP contribution in [0.25, 0.3) is 0 Å². The number of aromatic nitrogens is 2. The lowest BCUT2D eigenvalue weighted by Crippen LogP contribution is -2.26. The smallest absolute Gasteiger partial charge is 0.358 e. The molecular formula is C13H17N3O2. The van der Waals surface area contributed by atoms with Gasteiger partial charge in [-0.05, 0) is 31.1 Å². The van der Waals surface area contributed by atoms with Crippen molar-refractivity contribution < 1.29 is 9.53 Å². The van der Waals surface area contributed by atoms with E-state index in [0.29, 0.717) is 6.04 Å². The van der Waals surface area contributed by atoms with E-state index in [4.69, 9.17) is 0 Å². The van der Waals surface area contributed by atoms with E-state index >= 15 is 0 Å². The fraction of sp³-hybridized carbons (Fsp3) is 0.615. The highest BCUT2D eigenvalue weighted by atomic mass is 16.5. The Kier molecular flexibility index (Phi) is 2.89. The highest BCUT2D eigenvalue weighted by molar-refractivity contribution is 5.86. The van der Waals surface area contributed by atoms with E-state index in [-0.39, 0.29) is 5.69 Å². The summed E-state index contributed by atoms with van der Waals surface area (Å²) in [5.41, 5.74) is 0.246. The Morgan fingerprint density at radius 1 is 1.33 bits per heavy atom. The van der Waals surface area contributed by atoms with Crippen LogP contribution in [0.4, 0.5) is 5.82 Å². The monoisotopic (exact) mass is 247 g/mol. The molecule has 2 aliphatic rings. The minimum Gasteiger partial charge on any atom is -0.464 e. The zero-order valence-corrected chi connectivity index (χ0v) is 10.4. The van der Waals surface area contributed by atoms with Crippen LogP contribution in [0.2, 0.25) is 0 Å². The number of anilines is 1. The lowest BCUT2D eigenvalue weighted by molar-refractivity contribution is 0.0593. The molecule has 0 aliphatic heterocycles. The van der Waals surface area contributed by atoms with Gasteiger partial charge in [-0.15, -0.1) is 0 Å². The predicted molar refractivity (Wildman–Crippen MR) is 66.2 cm³/mol. The number of carbonyl (C=O) groups is 1. The molecule has 0 aromatic carbocycles. The van der Waals surface area contributed by atoms with Crippen LogP contribution >= 0.6 is 0 Å². The first-order chi connectivity index (χ1) is 8.76. The zero-order valence-electron chi connectivity index (χ0n) is 10.4. The fourth-order valence-corrected chi connectivity index (χ4v) is 3.22. The molecule has 0 radical (unpaired) electrons. The molecule has 5 heteroatoms. The van der Waals surface area contributed by atoms with Crippen LogP contribution < -0.4 is 5.32 Å². The maximum Gasteiger partial charge on any atom is 0.358 e. The quantitative estimate of drug-likeness (QED) is 0.826. The summed E-state index contributed by atoms with van der Waals surface area (Å²) in [7, 11) is 1.34. The van der Waals surface area contributed by atoms with Crippen molar-refractivity contribution in [2.45, 2.75) is 31.7 Å². The predicted octanol–water partition coefficient (Wildman–Crippen LogP) is 1.86. The number of hydrogen-bond donors (Lipinski definition) is 1. The molecule has 3 rings (SSSR count). The molecule has 2 saturated carbocycles. The second kappa shape index (κ2) is 4.55. The van der Waals surface area contributed by atoms with Crippen molar-refractivity contribution in [1.29, 1.82) is 0 Å². The van der Waals surface area contributed by atoms with Crippen LogP contribution in [-0.2, 0) is 4.74 Å². The fourth-order valence-electron chi connectivity index (χ4n) is 3.22. The second-order valence-electron chi connectivity index (χ2n) is 5.20. The number of carbonyl (C=O) groups excluding carboxylic acids is 1. The Balaban J connectivity index is 1.65. The Bertz CT molecular complexity index is 446. The van der Waals surface area contributed by atoms with Gasteiger partial charge in [0.2, 0.25) is 0 Å². The van der Waals surface area contributed by atoms with E-state index in [9.17, 15) is 4.79 Å². The highest BCUT2D eigenvalue weighted by Crippen LogP contribution is 2.45. The molecule has 1 aromatic rings. The van der Waals surface area contributed by atoms with E-state index in [1.807, 2.05) is 0 Å². The Hall–Kier alpha value is -1.65. The van der Waals surface area contributed by atoms with Gasteiger partial charge in [0.15, 0.2) is 5.69 Å². The van der Waals surface area contributed by atoms with Crippen LogP contribution in [0, 0.1) is 11.8 Å². The first kappa shape index (κ1) is 11.4. The molecule has 5 nitrogen and oxygen atoms in total. The summed E-state index contributed by atoms with van der Waals surface area (Å²) in [6.07, 6.45) is 8.38. The van der Waals surface area contributed by atoms with Crippen molar-refractivity contribution >= 4 is 11.8 Å². The van der Waals surface area contributed by atoms with Gasteiger partial charge in [-0.25, -0.2) is 14.8 Å². The van der Waals surface area contributed by atoms with Crippen LogP contribution in [0.5, 0.6) is 0 Å². The number of hydrogen-bond acceptors (Lipinski definition) is 5. The molecule has 18 heavy (non-hydrogen) atoms. The van der Waals surface area contributed by atoms with E-state index < -0.39 is 5.97 Å². The molecule has 2 fully saturated rings. The van der Waals surface area contributed by atoms with Crippen molar-refractivity contribution in [2.24, 2.45) is 11.8 Å². The number of nitrogens with zero attached hydrogens (tertiary/aromatic N) is 2. The Morgan fingerprint density at radius 2 is 2.22 bits per heavy atom. The van der Waals surface area contributed by atoms with Crippen molar-refractivity contribution in [3.05, 3.63) is 18.1 Å². The molecule has 96 valence electrons. The van der Waals surface area contributed by atoms with Gasteiger partial charge in [-0.3, -0.25) is 0 Å². The van der Waals surface area contributed by atoms with Gasteiger partial charge < -0.3 is 10.1 Å². The first-order valence-corrected chi connectivity index (χ1v) is 6.43. The van der Waals surface area contributed by atoms with Gasteiger partial charge in [0.1, 0.15) is 5.82 Å². The Morgan fingerprint density at radius 3 is 2.78 bits per heavy atom. The maximum atomic E-state index is 11.2. The van der Waals surface area contributed by atoms with E-state index in [1.165, 1.54) is 39.0 Å². The maximum absolute atomic E-state index is 11.2. The van der Waals surface area contributed by atoms with Crippen molar-refractivity contribution in [3.8, 4) is 0 Å². The second-order valence-corrected chi connectivity index (χ2v) is 5.20. The van der Waals surface area contributed by atoms with Crippen LogP contribution in [0.1, 0.15) is 36.2 Å². The largest absolute Gasteiger partial charge is 0.464 e. The first-order valence-electron chi connectivity index (χ1n) is 6.43. The molecule has 0 amide bonds. The van der Waals surface area contributed by atoms with E-state index in [1.54, 1.807) is 6.20 Å². The normalized spacial score (nSPS) is 29.3. The summed E-state index contributed by atoms with van der Waals surface area (Å²) in [5.74, 6) is 1.99. The molecule has 1 heterocycles. The van der Waals surface area contributed by atoms with Crippen LogP contribution in [-0.4, -0.2) is 29.1 Å².